The van der Waals surface area contributed by atoms with E-state index in [2.05, 4.69) is 35.9 Å². The molecule has 10 heteroatoms. The Bertz CT molecular complexity index is 1130. The zero-order chi connectivity index (χ0) is 28.3. The van der Waals surface area contributed by atoms with Gasteiger partial charge < -0.3 is 30.3 Å². The Morgan fingerprint density at radius 1 is 1.00 bits per heavy atom. The Morgan fingerprint density at radius 3 is 2.05 bits per heavy atom. The summed E-state index contributed by atoms with van der Waals surface area (Å²) in [6.07, 6.45) is 4.48. The molecule has 0 amide bonds. The molecule has 0 saturated carbocycles. The van der Waals surface area contributed by atoms with Crippen LogP contribution in [-0.2, 0) is 26.5 Å². The van der Waals surface area contributed by atoms with Crippen molar-refractivity contribution < 1.29 is 44.7 Å². The van der Waals surface area contributed by atoms with Crippen LogP contribution in [0.25, 0.3) is 0 Å². The van der Waals surface area contributed by atoms with Crippen LogP contribution >= 0.6 is 0 Å². The molecular weight excluding hydrogens is 494 g/mol. The first-order valence-electron chi connectivity index (χ1n) is 11.9. The van der Waals surface area contributed by atoms with Crippen LogP contribution in [0.1, 0.15) is 42.4 Å². The number of aryl methyl sites for hydroxylation is 1. The third-order valence-corrected chi connectivity index (χ3v) is 6.24. The van der Waals surface area contributed by atoms with E-state index >= 15 is 0 Å². The van der Waals surface area contributed by atoms with Crippen molar-refractivity contribution in [3.63, 3.8) is 0 Å². The van der Waals surface area contributed by atoms with Gasteiger partial charge >= 0.3 is 17.9 Å². The number of piperidine rings is 1. The number of carboxylic acids is 3. The van der Waals surface area contributed by atoms with Gasteiger partial charge in [-0.25, -0.2) is 4.79 Å². The molecule has 2 aromatic rings. The molecule has 0 bridgehead atoms. The summed E-state index contributed by atoms with van der Waals surface area (Å²) in [5.41, 5.74) is -0.0798. The van der Waals surface area contributed by atoms with Crippen molar-refractivity contribution in [3.05, 3.63) is 65.2 Å². The zero-order valence-electron chi connectivity index (χ0n) is 21.2. The van der Waals surface area contributed by atoms with E-state index in [0.717, 1.165) is 49.4 Å². The summed E-state index contributed by atoms with van der Waals surface area (Å²) in [6.45, 7) is 4.87. The fourth-order valence-corrected chi connectivity index (χ4v) is 4.08. The molecule has 3 rings (SSSR count). The smallest absolute Gasteiger partial charge is 0.336 e. The zero-order valence-corrected chi connectivity index (χ0v) is 21.2. The standard InChI is InChI=1S/C22H25NO2.C6H8O7/c1-3-16-25-21-7-5-4-6-19(21)17-23-14-12-22(24,13-15-23)20-10-8-18(2)9-11-20;7-3(8)1-6(13,5(11)12)2-4(9)10/h1,4-11,24H,12-17H2,2H3;13H,1-2H2,(H,7,8)(H,9,10)(H,11,12). The van der Waals surface area contributed by atoms with Crippen molar-refractivity contribution in [2.45, 2.75) is 50.4 Å². The molecule has 10 nitrogen and oxygen atoms in total. The number of benzene rings is 2. The molecule has 0 spiro atoms. The fourth-order valence-electron chi connectivity index (χ4n) is 4.08. The van der Waals surface area contributed by atoms with E-state index in [1.54, 1.807) is 0 Å². The maximum absolute atomic E-state index is 11.0. The summed E-state index contributed by atoms with van der Waals surface area (Å²) in [6, 6.07) is 16.2. The predicted molar refractivity (Wildman–Crippen MR) is 137 cm³/mol. The number of terminal acetylenes is 1. The largest absolute Gasteiger partial charge is 0.481 e. The molecule has 204 valence electrons. The van der Waals surface area contributed by atoms with Gasteiger partial charge in [0.05, 0.1) is 18.4 Å². The Balaban J connectivity index is 0.000000332. The second kappa shape index (κ2) is 13.6. The Kier molecular flexibility index (Phi) is 10.8. The molecule has 1 fully saturated rings. The highest BCUT2D eigenvalue weighted by Gasteiger charge is 2.40. The van der Waals surface area contributed by atoms with Gasteiger partial charge in [0.25, 0.3) is 0 Å². The van der Waals surface area contributed by atoms with Gasteiger partial charge in [-0.2, -0.15) is 0 Å². The van der Waals surface area contributed by atoms with Gasteiger partial charge in [0.2, 0.25) is 0 Å². The van der Waals surface area contributed by atoms with Gasteiger partial charge in [-0.1, -0.05) is 53.9 Å². The highest BCUT2D eigenvalue weighted by molar-refractivity contribution is 5.88. The van der Waals surface area contributed by atoms with Gasteiger partial charge in [0.1, 0.15) is 12.4 Å². The van der Waals surface area contributed by atoms with Crippen LogP contribution < -0.4 is 4.74 Å². The van der Waals surface area contributed by atoms with E-state index in [0.29, 0.717) is 0 Å². The number of aliphatic hydroxyl groups is 2. The average Bonchev–Trinajstić information content (AvgIpc) is 2.84. The van der Waals surface area contributed by atoms with Gasteiger partial charge in [0, 0.05) is 25.2 Å². The maximum atomic E-state index is 11.0. The lowest BCUT2D eigenvalue weighted by molar-refractivity contribution is -0.170. The number of rotatable bonds is 10. The van der Waals surface area contributed by atoms with E-state index in [9.17, 15) is 19.5 Å². The molecule has 0 aromatic heterocycles. The number of hydrogen-bond acceptors (Lipinski definition) is 7. The lowest BCUT2D eigenvalue weighted by Crippen LogP contribution is -2.42. The SMILES string of the molecule is C#CCOc1ccccc1CN1CCC(O)(c2ccc(C)cc2)CC1.O=C(O)CC(O)(CC(=O)O)C(=O)O. The minimum absolute atomic E-state index is 0.282. The lowest BCUT2D eigenvalue weighted by Gasteiger charge is -2.38. The summed E-state index contributed by atoms with van der Waals surface area (Å²) in [5, 5.41) is 44.8. The summed E-state index contributed by atoms with van der Waals surface area (Å²) in [4.78, 5) is 32.8. The maximum Gasteiger partial charge on any atom is 0.336 e. The molecule has 2 aromatic carbocycles. The van der Waals surface area contributed by atoms with Gasteiger partial charge in [0.15, 0.2) is 5.60 Å². The molecule has 1 aliphatic heterocycles. The molecular formula is C28H33NO9. The van der Waals surface area contributed by atoms with E-state index < -0.39 is 42.0 Å². The fraction of sp³-hybridized carbons (Fsp3) is 0.393. The van der Waals surface area contributed by atoms with Crippen molar-refractivity contribution in [1.82, 2.24) is 4.90 Å². The topological polar surface area (TPSA) is 165 Å². The van der Waals surface area contributed by atoms with Crippen LogP contribution in [0.2, 0.25) is 0 Å². The molecule has 0 atom stereocenters. The monoisotopic (exact) mass is 527 g/mol. The summed E-state index contributed by atoms with van der Waals surface area (Å²) < 4.78 is 5.64. The number of likely N-dealkylation sites (tertiary alicyclic amines) is 1. The molecule has 0 radical (unpaired) electrons. The van der Waals surface area contributed by atoms with E-state index in [4.69, 9.17) is 31.6 Å². The van der Waals surface area contributed by atoms with Crippen LogP contribution in [0.4, 0.5) is 0 Å². The van der Waals surface area contributed by atoms with Crippen molar-refractivity contribution in [2.75, 3.05) is 19.7 Å². The number of carbonyl (C=O) groups is 3. The van der Waals surface area contributed by atoms with E-state index in [1.165, 1.54) is 5.56 Å². The molecule has 5 N–H and O–H groups in total. The Labute approximate surface area is 221 Å². The number of aliphatic carboxylic acids is 3. The second-order valence-corrected chi connectivity index (χ2v) is 9.25. The van der Waals surface area contributed by atoms with Crippen LogP contribution in [0.15, 0.2) is 48.5 Å². The Morgan fingerprint density at radius 2 is 1.55 bits per heavy atom. The average molecular weight is 528 g/mol. The first-order valence-corrected chi connectivity index (χ1v) is 11.9. The lowest BCUT2D eigenvalue weighted by atomic mass is 9.84. The third kappa shape index (κ3) is 8.88. The first kappa shape index (κ1) is 30.3. The second-order valence-electron chi connectivity index (χ2n) is 9.25. The minimum Gasteiger partial charge on any atom is -0.481 e. The quantitative estimate of drug-likeness (QED) is 0.289. The highest BCUT2D eigenvalue weighted by Crippen LogP contribution is 2.34. The number of carboxylic acid groups (broad SMARTS) is 3. The number of nitrogens with zero attached hydrogens (tertiary/aromatic N) is 1. The minimum atomic E-state index is -2.74. The number of hydrogen-bond donors (Lipinski definition) is 5. The predicted octanol–water partition coefficient (Wildman–Crippen LogP) is 2.24. The van der Waals surface area contributed by atoms with Crippen LogP contribution in [-0.4, -0.2) is 73.6 Å². The highest BCUT2D eigenvalue weighted by atomic mass is 16.5. The van der Waals surface area contributed by atoms with Crippen LogP contribution in [0.3, 0.4) is 0 Å². The number of para-hydroxylation sites is 1. The van der Waals surface area contributed by atoms with Crippen molar-refractivity contribution >= 4 is 17.9 Å². The molecule has 1 heterocycles. The Hall–Kier alpha value is -3.91. The third-order valence-electron chi connectivity index (χ3n) is 6.24. The first-order chi connectivity index (χ1) is 17.9. The van der Waals surface area contributed by atoms with Crippen molar-refractivity contribution in [1.29, 1.82) is 0 Å². The number of ether oxygens (including phenoxy) is 1. The summed E-state index contributed by atoms with van der Waals surface area (Å²) in [5.74, 6) is -1.66. The van der Waals surface area contributed by atoms with Gasteiger partial charge in [-0.15, -0.1) is 6.42 Å². The van der Waals surface area contributed by atoms with E-state index in [-0.39, 0.29) is 6.61 Å². The normalized spacial score (nSPS) is 14.9. The van der Waals surface area contributed by atoms with Crippen molar-refractivity contribution in [2.24, 2.45) is 0 Å². The van der Waals surface area contributed by atoms with Gasteiger partial charge in [-0.3, -0.25) is 14.5 Å². The van der Waals surface area contributed by atoms with Crippen LogP contribution in [0.5, 0.6) is 5.75 Å². The molecule has 38 heavy (non-hydrogen) atoms. The van der Waals surface area contributed by atoms with Crippen molar-refractivity contribution in [3.8, 4) is 18.1 Å². The molecule has 1 saturated heterocycles. The van der Waals surface area contributed by atoms with Gasteiger partial charge in [-0.05, 0) is 31.4 Å². The summed E-state index contributed by atoms with van der Waals surface area (Å²) in [7, 11) is 0. The van der Waals surface area contributed by atoms with Crippen LogP contribution in [0, 0.1) is 19.3 Å². The molecule has 0 unspecified atom stereocenters. The molecule has 0 aliphatic carbocycles. The van der Waals surface area contributed by atoms with E-state index in [1.807, 2.05) is 30.3 Å². The molecule has 1 aliphatic rings. The summed E-state index contributed by atoms with van der Waals surface area (Å²) >= 11 is 0.